The summed E-state index contributed by atoms with van der Waals surface area (Å²) in [5.41, 5.74) is 1.96. The zero-order valence-electron chi connectivity index (χ0n) is 14.4. The molecule has 0 aromatic heterocycles. The van der Waals surface area contributed by atoms with E-state index in [0.717, 1.165) is 38.4 Å². The number of amides is 1. The van der Waals surface area contributed by atoms with Gasteiger partial charge in [0.15, 0.2) is 0 Å². The Hall–Kier alpha value is -1.46. The van der Waals surface area contributed by atoms with Crippen molar-refractivity contribution < 1.29 is 4.79 Å². The number of hydrogen-bond acceptors (Lipinski definition) is 3. The maximum atomic E-state index is 12.7. The molecule has 1 aliphatic rings. The van der Waals surface area contributed by atoms with Crippen LogP contribution in [0.1, 0.15) is 17.3 Å². The van der Waals surface area contributed by atoms with Gasteiger partial charge >= 0.3 is 0 Å². The number of carbonyl (C=O) groups excluding carboxylic acids is 1. The molecule has 0 bridgehead atoms. The quantitative estimate of drug-likeness (QED) is 0.764. The average Bonchev–Trinajstić information content (AvgIpc) is 2.64. The molecule has 1 fully saturated rings. The number of benzene rings is 2. The van der Waals surface area contributed by atoms with E-state index in [4.69, 9.17) is 34.8 Å². The van der Waals surface area contributed by atoms with Gasteiger partial charge in [0.1, 0.15) is 0 Å². The number of rotatable bonds is 4. The van der Waals surface area contributed by atoms with Gasteiger partial charge in [-0.05, 0) is 42.9 Å². The number of hydrogen-bond donors (Lipinski definition) is 1. The SMILES string of the molecule is CCN1CCN(c2ccc(Cl)cc2NC(=O)c2cc(Cl)ccc2Cl)CC1. The van der Waals surface area contributed by atoms with E-state index < -0.39 is 0 Å². The van der Waals surface area contributed by atoms with E-state index in [0.29, 0.717) is 26.3 Å². The monoisotopic (exact) mass is 411 g/mol. The summed E-state index contributed by atoms with van der Waals surface area (Å²) in [4.78, 5) is 17.4. The normalized spacial score (nSPS) is 15.2. The molecule has 1 aliphatic heterocycles. The van der Waals surface area contributed by atoms with Crippen molar-refractivity contribution in [2.45, 2.75) is 6.92 Å². The predicted octanol–water partition coefficient (Wildman–Crippen LogP) is 5.04. The molecule has 7 heteroatoms. The van der Waals surface area contributed by atoms with Crippen LogP contribution < -0.4 is 10.2 Å². The smallest absolute Gasteiger partial charge is 0.257 e. The molecular weight excluding hydrogens is 393 g/mol. The molecule has 1 heterocycles. The first kappa shape index (κ1) is 19.3. The molecule has 4 nitrogen and oxygen atoms in total. The van der Waals surface area contributed by atoms with Crippen LogP contribution in [0.5, 0.6) is 0 Å². The van der Waals surface area contributed by atoms with Crippen LogP contribution >= 0.6 is 34.8 Å². The van der Waals surface area contributed by atoms with Gasteiger partial charge in [-0.1, -0.05) is 41.7 Å². The van der Waals surface area contributed by atoms with Crippen LogP contribution in [0.15, 0.2) is 36.4 Å². The van der Waals surface area contributed by atoms with E-state index in [-0.39, 0.29) is 5.91 Å². The maximum Gasteiger partial charge on any atom is 0.257 e. The number of nitrogens with one attached hydrogen (secondary N) is 1. The Morgan fingerprint density at radius 2 is 1.65 bits per heavy atom. The van der Waals surface area contributed by atoms with E-state index in [2.05, 4.69) is 22.0 Å². The lowest BCUT2D eigenvalue weighted by atomic mass is 10.1. The minimum absolute atomic E-state index is 0.312. The molecule has 0 spiro atoms. The van der Waals surface area contributed by atoms with Gasteiger partial charge in [-0.3, -0.25) is 4.79 Å². The van der Waals surface area contributed by atoms with Crippen LogP contribution in [0, 0.1) is 0 Å². The second-order valence-corrected chi connectivity index (χ2v) is 7.44. The fourth-order valence-electron chi connectivity index (χ4n) is 3.05. The lowest BCUT2D eigenvalue weighted by Gasteiger charge is -2.36. The molecule has 0 atom stereocenters. The molecule has 26 heavy (non-hydrogen) atoms. The molecular formula is C19H20Cl3N3O. The summed E-state index contributed by atoms with van der Waals surface area (Å²) >= 11 is 18.3. The second kappa shape index (κ2) is 8.49. The summed E-state index contributed by atoms with van der Waals surface area (Å²) in [5.74, 6) is -0.312. The maximum absolute atomic E-state index is 12.7. The number of carbonyl (C=O) groups is 1. The molecule has 0 saturated carbocycles. The van der Waals surface area contributed by atoms with Crippen molar-refractivity contribution in [2.75, 3.05) is 42.9 Å². The molecule has 1 saturated heterocycles. The number of likely N-dealkylation sites (N-methyl/N-ethyl adjacent to an activating group) is 1. The number of nitrogens with zero attached hydrogens (tertiary/aromatic N) is 2. The zero-order valence-corrected chi connectivity index (χ0v) is 16.7. The highest BCUT2D eigenvalue weighted by atomic mass is 35.5. The van der Waals surface area contributed by atoms with Crippen molar-refractivity contribution in [3.63, 3.8) is 0 Å². The van der Waals surface area contributed by atoms with Gasteiger partial charge in [0, 0.05) is 36.2 Å². The summed E-state index contributed by atoms with van der Waals surface area (Å²) in [6.07, 6.45) is 0. The van der Waals surface area contributed by atoms with Gasteiger partial charge in [0.2, 0.25) is 0 Å². The van der Waals surface area contributed by atoms with E-state index >= 15 is 0 Å². The first-order chi connectivity index (χ1) is 12.5. The first-order valence-electron chi connectivity index (χ1n) is 8.51. The molecule has 2 aromatic rings. The average molecular weight is 413 g/mol. The van der Waals surface area contributed by atoms with E-state index in [1.165, 1.54) is 0 Å². The minimum atomic E-state index is -0.312. The van der Waals surface area contributed by atoms with Gasteiger partial charge in [-0.15, -0.1) is 0 Å². The van der Waals surface area contributed by atoms with Gasteiger partial charge < -0.3 is 15.1 Å². The third kappa shape index (κ3) is 4.44. The lowest BCUT2D eigenvalue weighted by molar-refractivity contribution is 0.102. The fraction of sp³-hybridized carbons (Fsp3) is 0.316. The summed E-state index contributed by atoms with van der Waals surface area (Å²) in [5, 5.41) is 4.31. The Labute approximate surface area is 168 Å². The van der Waals surface area contributed by atoms with E-state index in [9.17, 15) is 4.79 Å². The molecule has 1 amide bonds. The zero-order chi connectivity index (χ0) is 18.7. The standard InChI is InChI=1S/C19H20Cl3N3O/c1-2-24-7-9-25(10-8-24)18-6-4-14(21)12-17(18)23-19(26)15-11-13(20)3-5-16(15)22/h3-6,11-12H,2,7-10H2,1H3,(H,23,26). The molecule has 3 rings (SSSR count). The molecule has 0 aliphatic carbocycles. The number of anilines is 2. The van der Waals surface area contributed by atoms with Crippen LogP contribution in [0.3, 0.4) is 0 Å². The summed E-state index contributed by atoms with van der Waals surface area (Å²) < 4.78 is 0. The Bertz CT molecular complexity index is 805. The van der Waals surface area contributed by atoms with Crippen LogP contribution in [0.25, 0.3) is 0 Å². The van der Waals surface area contributed by atoms with Crippen molar-refractivity contribution in [1.29, 1.82) is 0 Å². The highest BCUT2D eigenvalue weighted by Crippen LogP contribution is 2.31. The summed E-state index contributed by atoms with van der Waals surface area (Å²) in [6.45, 7) is 7.00. The van der Waals surface area contributed by atoms with Crippen molar-refractivity contribution in [2.24, 2.45) is 0 Å². The van der Waals surface area contributed by atoms with Gasteiger partial charge in [0.25, 0.3) is 5.91 Å². The second-order valence-electron chi connectivity index (χ2n) is 6.16. The highest BCUT2D eigenvalue weighted by molar-refractivity contribution is 6.36. The van der Waals surface area contributed by atoms with Crippen LogP contribution in [-0.4, -0.2) is 43.5 Å². The Morgan fingerprint density at radius 3 is 2.35 bits per heavy atom. The first-order valence-corrected chi connectivity index (χ1v) is 9.64. The molecule has 1 N–H and O–H groups in total. The van der Waals surface area contributed by atoms with Crippen LogP contribution in [-0.2, 0) is 0 Å². The highest BCUT2D eigenvalue weighted by Gasteiger charge is 2.20. The van der Waals surface area contributed by atoms with Crippen molar-refractivity contribution in [3.8, 4) is 0 Å². The fourth-order valence-corrected chi connectivity index (χ4v) is 3.60. The van der Waals surface area contributed by atoms with Gasteiger partial charge in [-0.25, -0.2) is 0 Å². The van der Waals surface area contributed by atoms with Gasteiger partial charge in [0.05, 0.1) is 22.0 Å². The largest absolute Gasteiger partial charge is 0.367 e. The molecule has 0 unspecified atom stereocenters. The Balaban J connectivity index is 1.84. The number of halogens is 3. The Kier molecular flexibility index (Phi) is 6.30. The van der Waals surface area contributed by atoms with Crippen molar-refractivity contribution in [1.82, 2.24) is 4.90 Å². The van der Waals surface area contributed by atoms with E-state index in [1.54, 1.807) is 24.3 Å². The van der Waals surface area contributed by atoms with Crippen LogP contribution in [0.2, 0.25) is 15.1 Å². The summed E-state index contributed by atoms with van der Waals surface area (Å²) in [6, 6.07) is 10.4. The molecule has 138 valence electrons. The molecule has 2 aromatic carbocycles. The lowest BCUT2D eigenvalue weighted by Crippen LogP contribution is -2.46. The van der Waals surface area contributed by atoms with Gasteiger partial charge in [-0.2, -0.15) is 0 Å². The minimum Gasteiger partial charge on any atom is -0.367 e. The summed E-state index contributed by atoms with van der Waals surface area (Å²) in [7, 11) is 0. The van der Waals surface area contributed by atoms with E-state index in [1.807, 2.05) is 12.1 Å². The number of piperazine rings is 1. The Morgan fingerprint density at radius 1 is 1.00 bits per heavy atom. The topological polar surface area (TPSA) is 35.6 Å². The predicted molar refractivity (Wildman–Crippen MR) is 110 cm³/mol. The van der Waals surface area contributed by atoms with Crippen LogP contribution in [0.4, 0.5) is 11.4 Å². The molecule has 0 radical (unpaired) electrons. The third-order valence-electron chi connectivity index (χ3n) is 4.54. The van der Waals surface area contributed by atoms with Crippen molar-refractivity contribution in [3.05, 3.63) is 57.0 Å². The third-order valence-corrected chi connectivity index (χ3v) is 5.34. The van der Waals surface area contributed by atoms with Crippen molar-refractivity contribution >= 4 is 52.1 Å².